The molecule has 1 aromatic heterocycles. The number of likely N-dealkylation sites (N-methyl/N-ethyl adjacent to an activating group) is 1. The Balaban J connectivity index is 1.94. The first-order valence-electron chi connectivity index (χ1n) is 8.42. The number of aliphatic hydroxyl groups excluding tert-OH is 1. The quantitative estimate of drug-likeness (QED) is 0.722. The second-order valence-corrected chi connectivity index (χ2v) is 5.78. The fraction of sp³-hybridized carbons (Fsp3) is 0.250. The van der Waals surface area contributed by atoms with Crippen LogP contribution in [0.2, 0.25) is 0 Å². The molecule has 2 aromatic carbocycles. The number of aliphatic hydroxyl groups is 1. The lowest BCUT2D eigenvalue weighted by Crippen LogP contribution is -2.43. The van der Waals surface area contributed by atoms with Crippen molar-refractivity contribution >= 4 is 17.0 Å². The van der Waals surface area contributed by atoms with Gasteiger partial charge in [-0.05, 0) is 24.6 Å². The third-order valence-corrected chi connectivity index (χ3v) is 4.17. The highest BCUT2D eigenvalue weighted by molar-refractivity contribution is 5.79. The van der Waals surface area contributed by atoms with Crippen LogP contribution in [0.15, 0.2) is 65.1 Å². The van der Waals surface area contributed by atoms with Crippen molar-refractivity contribution in [1.82, 2.24) is 10.2 Å². The second-order valence-electron chi connectivity index (χ2n) is 5.78. The number of nitrogens with zero attached hydrogens (tertiary/aromatic N) is 1. The molecular weight excluding hydrogens is 316 g/mol. The van der Waals surface area contributed by atoms with Crippen LogP contribution in [0, 0.1) is 0 Å². The number of amides is 2. The monoisotopic (exact) mass is 338 g/mol. The third kappa shape index (κ3) is 3.83. The zero-order chi connectivity index (χ0) is 17.6. The van der Waals surface area contributed by atoms with Crippen LogP contribution in [0.4, 0.5) is 4.79 Å². The molecular formula is C20H22N2O3. The maximum Gasteiger partial charge on any atom is 0.318 e. The van der Waals surface area contributed by atoms with Gasteiger partial charge in [-0.3, -0.25) is 0 Å². The van der Waals surface area contributed by atoms with E-state index in [9.17, 15) is 4.79 Å². The number of carbonyl (C=O) groups excluding carboxylic acids is 1. The minimum absolute atomic E-state index is 0.0676. The predicted molar refractivity (Wildman–Crippen MR) is 97.4 cm³/mol. The van der Waals surface area contributed by atoms with Gasteiger partial charge in [0.05, 0.1) is 6.61 Å². The van der Waals surface area contributed by atoms with Crippen molar-refractivity contribution in [2.75, 3.05) is 19.7 Å². The molecule has 0 saturated heterocycles. The molecule has 1 atom stereocenters. The summed E-state index contributed by atoms with van der Waals surface area (Å²) in [5.41, 5.74) is 1.73. The first kappa shape index (κ1) is 17.0. The fourth-order valence-electron chi connectivity index (χ4n) is 2.85. The minimum atomic E-state index is -0.395. The first-order chi connectivity index (χ1) is 12.2. The number of hydrogen-bond donors (Lipinski definition) is 2. The van der Waals surface area contributed by atoms with Crippen molar-refractivity contribution in [2.45, 2.75) is 13.0 Å². The predicted octanol–water partition coefficient (Wildman–Crippen LogP) is 3.55. The number of hydrogen-bond acceptors (Lipinski definition) is 3. The molecule has 1 unspecified atom stereocenters. The van der Waals surface area contributed by atoms with E-state index in [0.29, 0.717) is 18.8 Å². The molecule has 0 spiro atoms. The molecule has 0 aliphatic carbocycles. The number of benzene rings is 2. The van der Waals surface area contributed by atoms with Gasteiger partial charge in [0.15, 0.2) is 0 Å². The van der Waals surface area contributed by atoms with Crippen LogP contribution in [-0.4, -0.2) is 35.7 Å². The van der Waals surface area contributed by atoms with Crippen LogP contribution in [0.5, 0.6) is 0 Å². The van der Waals surface area contributed by atoms with Gasteiger partial charge in [0.25, 0.3) is 0 Å². The summed E-state index contributed by atoms with van der Waals surface area (Å²) in [4.78, 5) is 14.2. The van der Waals surface area contributed by atoms with Crippen molar-refractivity contribution in [2.24, 2.45) is 0 Å². The van der Waals surface area contributed by atoms with Crippen LogP contribution >= 0.6 is 0 Å². The van der Waals surface area contributed by atoms with Crippen molar-refractivity contribution < 1.29 is 14.3 Å². The molecule has 25 heavy (non-hydrogen) atoms. The van der Waals surface area contributed by atoms with Gasteiger partial charge in [0.1, 0.15) is 17.4 Å². The second kappa shape index (κ2) is 7.85. The fourth-order valence-corrected chi connectivity index (χ4v) is 2.85. The SMILES string of the molecule is CCN(CCO)C(=O)NC(c1ccccc1)c1cc2ccccc2o1. The Morgan fingerprint density at radius 2 is 1.88 bits per heavy atom. The molecule has 2 amide bonds. The topological polar surface area (TPSA) is 65.7 Å². The number of para-hydroxylation sites is 1. The molecule has 3 rings (SSSR count). The van der Waals surface area contributed by atoms with E-state index < -0.39 is 6.04 Å². The third-order valence-electron chi connectivity index (χ3n) is 4.17. The van der Waals surface area contributed by atoms with E-state index in [1.54, 1.807) is 4.90 Å². The number of carbonyl (C=O) groups is 1. The van der Waals surface area contributed by atoms with E-state index in [1.165, 1.54) is 0 Å². The molecule has 0 aliphatic heterocycles. The Hall–Kier alpha value is -2.79. The van der Waals surface area contributed by atoms with E-state index in [0.717, 1.165) is 16.5 Å². The lowest BCUT2D eigenvalue weighted by Gasteiger charge is -2.24. The molecule has 1 heterocycles. The summed E-state index contributed by atoms with van der Waals surface area (Å²) in [7, 11) is 0. The Bertz CT molecular complexity index is 796. The van der Waals surface area contributed by atoms with E-state index in [2.05, 4.69) is 5.32 Å². The van der Waals surface area contributed by atoms with Gasteiger partial charge in [-0.15, -0.1) is 0 Å². The van der Waals surface area contributed by atoms with Gasteiger partial charge in [-0.25, -0.2) is 4.79 Å². The molecule has 0 aliphatic rings. The number of furan rings is 1. The molecule has 0 bridgehead atoms. The molecule has 0 fully saturated rings. The molecule has 5 nitrogen and oxygen atoms in total. The van der Waals surface area contributed by atoms with E-state index in [-0.39, 0.29) is 12.6 Å². The average molecular weight is 338 g/mol. The van der Waals surface area contributed by atoms with Gasteiger partial charge >= 0.3 is 6.03 Å². The van der Waals surface area contributed by atoms with Gasteiger partial charge in [0, 0.05) is 18.5 Å². The van der Waals surface area contributed by atoms with Gasteiger partial charge in [-0.2, -0.15) is 0 Å². The summed E-state index contributed by atoms with van der Waals surface area (Å²) in [5.74, 6) is 0.681. The van der Waals surface area contributed by atoms with Gasteiger partial charge in [-0.1, -0.05) is 48.5 Å². The van der Waals surface area contributed by atoms with Crippen LogP contribution in [0.3, 0.4) is 0 Å². The maximum atomic E-state index is 12.6. The van der Waals surface area contributed by atoms with Crippen LogP contribution in [-0.2, 0) is 0 Å². The lowest BCUT2D eigenvalue weighted by atomic mass is 10.0. The van der Waals surface area contributed by atoms with Crippen LogP contribution in [0.1, 0.15) is 24.3 Å². The standard InChI is InChI=1S/C20H22N2O3/c1-2-22(12-13-23)20(24)21-19(15-8-4-3-5-9-15)18-14-16-10-6-7-11-17(16)25-18/h3-11,14,19,23H,2,12-13H2,1H3,(H,21,24). The van der Waals surface area contributed by atoms with Gasteiger partial charge in [0.2, 0.25) is 0 Å². The van der Waals surface area contributed by atoms with E-state index in [1.807, 2.05) is 67.6 Å². The number of fused-ring (bicyclic) bond motifs is 1. The summed E-state index contributed by atoms with van der Waals surface area (Å²) in [6, 6.07) is 18.8. The zero-order valence-electron chi connectivity index (χ0n) is 14.2. The Morgan fingerprint density at radius 1 is 1.16 bits per heavy atom. The van der Waals surface area contributed by atoms with Crippen molar-refractivity contribution in [3.63, 3.8) is 0 Å². The Kier molecular flexibility index (Phi) is 5.36. The van der Waals surface area contributed by atoms with E-state index >= 15 is 0 Å². The largest absolute Gasteiger partial charge is 0.459 e. The molecule has 0 radical (unpaired) electrons. The highest BCUT2D eigenvalue weighted by atomic mass is 16.3. The Morgan fingerprint density at radius 3 is 2.56 bits per heavy atom. The molecule has 130 valence electrons. The van der Waals surface area contributed by atoms with E-state index in [4.69, 9.17) is 9.52 Å². The molecule has 5 heteroatoms. The molecule has 2 N–H and O–H groups in total. The smallest absolute Gasteiger partial charge is 0.318 e. The number of urea groups is 1. The Labute approximate surface area is 146 Å². The normalized spacial score (nSPS) is 12.1. The zero-order valence-corrected chi connectivity index (χ0v) is 14.2. The minimum Gasteiger partial charge on any atom is -0.459 e. The van der Waals surface area contributed by atoms with Crippen molar-refractivity contribution in [3.8, 4) is 0 Å². The van der Waals surface area contributed by atoms with Crippen LogP contribution in [0.25, 0.3) is 11.0 Å². The molecule has 0 saturated carbocycles. The maximum absolute atomic E-state index is 12.6. The van der Waals surface area contributed by atoms with Crippen molar-refractivity contribution in [3.05, 3.63) is 72.0 Å². The summed E-state index contributed by atoms with van der Waals surface area (Å²) >= 11 is 0. The van der Waals surface area contributed by atoms with Crippen LogP contribution < -0.4 is 5.32 Å². The van der Waals surface area contributed by atoms with Crippen molar-refractivity contribution in [1.29, 1.82) is 0 Å². The summed E-state index contributed by atoms with van der Waals surface area (Å²) in [5, 5.41) is 13.2. The first-order valence-corrected chi connectivity index (χ1v) is 8.42. The number of nitrogens with one attached hydrogen (secondary N) is 1. The average Bonchev–Trinajstić information content (AvgIpc) is 3.08. The number of rotatable bonds is 6. The lowest BCUT2D eigenvalue weighted by molar-refractivity contribution is 0.177. The highest BCUT2D eigenvalue weighted by Gasteiger charge is 2.23. The summed E-state index contributed by atoms with van der Waals surface area (Å²) < 4.78 is 5.98. The van der Waals surface area contributed by atoms with Gasteiger partial charge < -0.3 is 19.7 Å². The molecule has 3 aromatic rings. The summed E-state index contributed by atoms with van der Waals surface area (Å²) in [6.07, 6.45) is 0. The highest BCUT2D eigenvalue weighted by Crippen LogP contribution is 2.28. The summed E-state index contributed by atoms with van der Waals surface area (Å²) in [6.45, 7) is 2.63.